The van der Waals surface area contributed by atoms with Crippen molar-refractivity contribution in [3.63, 3.8) is 0 Å². The minimum Gasteiger partial charge on any atom is -0.459 e. The maximum atomic E-state index is 12.7. The van der Waals surface area contributed by atoms with Crippen LogP contribution in [0.25, 0.3) is 11.0 Å². The van der Waals surface area contributed by atoms with E-state index >= 15 is 0 Å². The molecule has 3 rings (SSSR count). The van der Waals surface area contributed by atoms with E-state index < -0.39 is 5.41 Å². The van der Waals surface area contributed by atoms with Crippen molar-refractivity contribution in [1.29, 1.82) is 0 Å². The van der Waals surface area contributed by atoms with Crippen molar-refractivity contribution in [2.24, 2.45) is 11.1 Å². The van der Waals surface area contributed by atoms with Crippen molar-refractivity contribution >= 4 is 16.9 Å². The molecular formula is C17H22N2O3. The van der Waals surface area contributed by atoms with E-state index in [1.807, 2.05) is 37.3 Å². The second-order valence-corrected chi connectivity index (χ2v) is 5.98. The summed E-state index contributed by atoms with van der Waals surface area (Å²) >= 11 is 0. The van der Waals surface area contributed by atoms with Crippen LogP contribution in [-0.4, -0.2) is 25.7 Å². The smallest absolute Gasteiger partial charge is 0.228 e. The molecule has 1 atom stereocenters. The minimum absolute atomic E-state index is 0.00810. The quantitative estimate of drug-likeness (QED) is 0.909. The van der Waals surface area contributed by atoms with Gasteiger partial charge < -0.3 is 20.2 Å². The summed E-state index contributed by atoms with van der Waals surface area (Å²) in [7, 11) is 0. The monoisotopic (exact) mass is 302 g/mol. The average molecular weight is 302 g/mol. The SMILES string of the molecule is CC(NC(=O)C1(CN)CCOCC1)c1cc2ccccc2o1. The molecule has 5 heteroatoms. The van der Waals surface area contributed by atoms with Gasteiger partial charge in [0.1, 0.15) is 11.3 Å². The molecule has 1 aromatic carbocycles. The molecule has 5 nitrogen and oxygen atoms in total. The van der Waals surface area contributed by atoms with Gasteiger partial charge in [-0.3, -0.25) is 4.79 Å². The van der Waals surface area contributed by atoms with E-state index in [-0.39, 0.29) is 11.9 Å². The number of rotatable bonds is 4. The topological polar surface area (TPSA) is 77.5 Å². The zero-order valence-corrected chi connectivity index (χ0v) is 12.8. The molecule has 1 amide bonds. The summed E-state index contributed by atoms with van der Waals surface area (Å²) in [5, 5.41) is 4.09. The number of para-hydroxylation sites is 1. The van der Waals surface area contributed by atoms with Gasteiger partial charge in [0.05, 0.1) is 11.5 Å². The normalized spacial score (nSPS) is 19.0. The van der Waals surface area contributed by atoms with Gasteiger partial charge in [0, 0.05) is 25.1 Å². The first-order chi connectivity index (χ1) is 10.6. The first kappa shape index (κ1) is 15.1. The third-order valence-electron chi connectivity index (χ3n) is 4.54. The van der Waals surface area contributed by atoms with E-state index in [1.165, 1.54) is 0 Å². The van der Waals surface area contributed by atoms with Crippen molar-refractivity contribution < 1.29 is 13.9 Å². The lowest BCUT2D eigenvalue weighted by molar-refractivity contribution is -0.136. The summed E-state index contributed by atoms with van der Waals surface area (Å²) in [6.45, 7) is 3.45. The molecular weight excluding hydrogens is 280 g/mol. The molecule has 2 heterocycles. The Kier molecular flexibility index (Phi) is 4.18. The van der Waals surface area contributed by atoms with Crippen LogP contribution in [0.1, 0.15) is 31.6 Å². The lowest BCUT2D eigenvalue weighted by Gasteiger charge is -2.35. The number of furan rings is 1. The molecule has 3 N–H and O–H groups in total. The maximum absolute atomic E-state index is 12.7. The Labute approximate surface area is 129 Å². The van der Waals surface area contributed by atoms with Gasteiger partial charge in [-0.15, -0.1) is 0 Å². The molecule has 118 valence electrons. The Morgan fingerprint density at radius 1 is 1.36 bits per heavy atom. The first-order valence-corrected chi connectivity index (χ1v) is 7.72. The Balaban J connectivity index is 1.75. The number of benzene rings is 1. The molecule has 1 fully saturated rings. The number of hydrogen-bond acceptors (Lipinski definition) is 4. The molecule has 0 aliphatic carbocycles. The van der Waals surface area contributed by atoms with E-state index in [0.717, 1.165) is 16.7 Å². The number of carbonyl (C=O) groups is 1. The van der Waals surface area contributed by atoms with Crippen LogP contribution in [0.5, 0.6) is 0 Å². The molecule has 2 aromatic rings. The summed E-state index contributed by atoms with van der Waals surface area (Å²) < 4.78 is 11.2. The standard InChI is InChI=1S/C17H22N2O3/c1-12(15-10-13-4-2-3-5-14(13)22-15)19-16(20)17(11-18)6-8-21-9-7-17/h2-5,10,12H,6-9,11,18H2,1H3,(H,19,20). The minimum atomic E-state index is -0.515. The highest BCUT2D eigenvalue weighted by molar-refractivity contribution is 5.84. The van der Waals surface area contributed by atoms with Gasteiger partial charge in [-0.05, 0) is 31.9 Å². The Morgan fingerprint density at radius 2 is 2.09 bits per heavy atom. The van der Waals surface area contributed by atoms with Gasteiger partial charge in [-0.1, -0.05) is 18.2 Å². The van der Waals surface area contributed by atoms with Gasteiger partial charge in [-0.2, -0.15) is 0 Å². The highest BCUT2D eigenvalue weighted by atomic mass is 16.5. The fraction of sp³-hybridized carbons (Fsp3) is 0.471. The molecule has 1 aliphatic rings. The van der Waals surface area contributed by atoms with E-state index in [1.54, 1.807) is 0 Å². The number of nitrogens with one attached hydrogen (secondary N) is 1. The second-order valence-electron chi connectivity index (χ2n) is 5.98. The van der Waals surface area contributed by atoms with Crippen LogP contribution in [0.3, 0.4) is 0 Å². The third-order valence-corrected chi connectivity index (χ3v) is 4.54. The van der Waals surface area contributed by atoms with Crippen molar-refractivity contribution in [2.75, 3.05) is 19.8 Å². The lowest BCUT2D eigenvalue weighted by Crippen LogP contribution is -2.49. The highest BCUT2D eigenvalue weighted by Gasteiger charge is 2.39. The van der Waals surface area contributed by atoms with Gasteiger partial charge in [0.15, 0.2) is 0 Å². The van der Waals surface area contributed by atoms with E-state index in [0.29, 0.717) is 32.6 Å². The van der Waals surface area contributed by atoms with Crippen LogP contribution in [-0.2, 0) is 9.53 Å². The predicted molar refractivity (Wildman–Crippen MR) is 84.3 cm³/mol. The fourth-order valence-electron chi connectivity index (χ4n) is 2.92. The molecule has 1 unspecified atom stereocenters. The highest BCUT2D eigenvalue weighted by Crippen LogP contribution is 2.31. The van der Waals surface area contributed by atoms with Crippen molar-refractivity contribution in [3.05, 3.63) is 36.1 Å². The van der Waals surface area contributed by atoms with Gasteiger partial charge in [-0.25, -0.2) is 0 Å². The summed E-state index contributed by atoms with van der Waals surface area (Å²) in [5.74, 6) is 0.750. The molecule has 22 heavy (non-hydrogen) atoms. The number of hydrogen-bond donors (Lipinski definition) is 2. The molecule has 0 bridgehead atoms. The second kappa shape index (κ2) is 6.10. The maximum Gasteiger partial charge on any atom is 0.228 e. The summed E-state index contributed by atoms with van der Waals surface area (Å²) in [4.78, 5) is 12.7. The number of carbonyl (C=O) groups excluding carboxylic acids is 1. The molecule has 1 saturated heterocycles. The van der Waals surface area contributed by atoms with E-state index in [9.17, 15) is 4.79 Å². The lowest BCUT2D eigenvalue weighted by atomic mass is 9.79. The van der Waals surface area contributed by atoms with Crippen LogP contribution in [0.2, 0.25) is 0 Å². The zero-order valence-electron chi connectivity index (χ0n) is 12.8. The van der Waals surface area contributed by atoms with Gasteiger partial charge in [0.25, 0.3) is 0 Å². The van der Waals surface area contributed by atoms with E-state index in [2.05, 4.69) is 5.32 Å². The van der Waals surface area contributed by atoms with Gasteiger partial charge >= 0.3 is 0 Å². The molecule has 0 spiro atoms. The average Bonchev–Trinajstić information content (AvgIpc) is 2.99. The van der Waals surface area contributed by atoms with Crippen molar-refractivity contribution in [2.45, 2.75) is 25.8 Å². The van der Waals surface area contributed by atoms with Crippen LogP contribution in [0, 0.1) is 5.41 Å². The molecule has 0 saturated carbocycles. The summed E-state index contributed by atoms with van der Waals surface area (Å²) in [5.41, 5.74) is 6.19. The predicted octanol–water partition coefficient (Wildman–Crippen LogP) is 2.37. The van der Waals surface area contributed by atoms with E-state index in [4.69, 9.17) is 14.9 Å². The van der Waals surface area contributed by atoms with Crippen LogP contribution < -0.4 is 11.1 Å². The van der Waals surface area contributed by atoms with Crippen molar-refractivity contribution in [1.82, 2.24) is 5.32 Å². The largest absolute Gasteiger partial charge is 0.459 e. The molecule has 1 aliphatic heterocycles. The Morgan fingerprint density at radius 3 is 2.77 bits per heavy atom. The fourth-order valence-corrected chi connectivity index (χ4v) is 2.92. The van der Waals surface area contributed by atoms with Crippen molar-refractivity contribution in [3.8, 4) is 0 Å². The first-order valence-electron chi connectivity index (χ1n) is 7.72. The van der Waals surface area contributed by atoms with Crippen LogP contribution in [0.4, 0.5) is 0 Å². The Bertz CT molecular complexity index is 626. The van der Waals surface area contributed by atoms with Crippen LogP contribution >= 0.6 is 0 Å². The number of ether oxygens (including phenoxy) is 1. The zero-order chi connectivity index (χ0) is 15.6. The van der Waals surface area contributed by atoms with Gasteiger partial charge in [0.2, 0.25) is 5.91 Å². The molecule has 1 aromatic heterocycles. The molecule has 0 radical (unpaired) electrons. The van der Waals surface area contributed by atoms with Crippen LogP contribution in [0.15, 0.2) is 34.7 Å². The Hall–Kier alpha value is -1.85. The summed E-state index contributed by atoms with van der Waals surface area (Å²) in [6.07, 6.45) is 1.34. The number of fused-ring (bicyclic) bond motifs is 1. The third kappa shape index (κ3) is 2.74. The number of amides is 1. The number of nitrogens with two attached hydrogens (primary N) is 1. The summed E-state index contributed by atoms with van der Waals surface area (Å²) in [6, 6.07) is 9.61.